The van der Waals surface area contributed by atoms with Gasteiger partial charge in [0.2, 0.25) is 6.41 Å². The highest BCUT2D eigenvalue weighted by molar-refractivity contribution is 5.77. The van der Waals surface area contributed by atoms with Gasteiger partial charge in [0.05, 0.1) is 0 Å². The van der Waals surface area contributed by atoms with Crippen LogP contribution in [0.4, 0.5) is 0 Å². The van der Waals surface area contributed by atoms with E-state index < -0.39 is 12.0 Å². The van der Waals surface area contributed by atoms with Crippen LogP contribution in [-0.2, 0) is 9.59 Å². The summed E-state index contributed by atoms with van der Waals surface area (Å²) >= 11 is 0. The van der Waals surface area contributed by atoms with Crippen molar-refractivity contribution in [2.45, 2.75) is 6.04 Å². The molecule has 5 heteroatoms. The van der Waals surface area contributed by atoms with E-state index in [0.29, 0.717) is 12.0 Å². The lowest BCUT2D eigenvalue weighted by molar-refractivity contribution is -0.145. The highest BCUT2D eigenvalue weighted by atomic mass is 16.4. The van der Waals surface area contributed by atoms with E-state index in [1.807, 2.05) is 0 Å². The summed E-state index contributed by atoms with van der Waals surface area (Å²) in [5.41, 5.74) is 0.481. The first-order valence-corrected chi connectivity index (χ1v) is 3.96. The van der Waals surface area contributed by atoms with Crippen molar-refractivity contribution in [2.75, 3.05) is 7.05 Å². The number of aromatic nitrogens is 1. The van der Waals surface area contributed by atoms with Crippen molar-refractivity contribution in [1.82, 2.24) is 9.88 Å². The molecule has 14 heavy (non-hydrogen) atoms. The van der Waals surface area contributed by atoms with Gasteiger partial charge in [0.1, 0.15) is 0 Å². The number of carbonyl (C=O) groups is 2. The average Bonchev–Trinajstić information content (AvgIpc) is 2.19. The Bertz CT molecular complexity index is 326. The van der Waals surface area contributed by atoms with Crippen LogP contribution in [0.1, 0.15) is 11.6 Å². The molecule has 0 radical (unpaired) electrons. The number of likely N-dealkylation sites (N-methyl/N-ethyl adjacent to an activating group) is 1. The molecule has 1 rings (SSSR count). The number of pyridine rings is 1. The molecule has 0 fully saturated rings. The Kier molecular flexibility index (Phi) is 3.17. The first-order chi connectivity index (χ1) is 6.66. The average molecular weight is 194 g/mol. The topological polar surface area (TPSA) is 70.5 Å². The summed E-state index contributed by atoms with van der Waals surface area (Å²) in [6.45, 7) is 0. The van der Waals surface area contributed by atoms with Gasteiger partial charge in [0.25, 0.3) is 0 Å². The van der Waals surface area contributed by atoms with Crippen molar-refractivity contribution < 1.29 is 14.7 Å². The summed E-state index contributed by atoms with van der Waals surface area (Å²) in [6, 6.07) is 2.27. The molecule has 0 bridgehead atoms. The third kappa shape index (κ3) is 2.07. The molecule has 5 nitrogen and oxygen atoms in total. The number of amides is 1. The minimum Gasteiger partial charge on any atom is -0.479 e. The second kappa shape index (κ2) is 4.36. The van der Waals surface area contributed by atoms with Crippen LogP contribution in [0.5, 0.6) is 0 Å². The molecule has 1 atom stereocenters. The third-order valence-electron chi connectivity index (χ3n) is 1.81. The van der Waals surface area contributed by atoms with Crippen molar-refractivity contribution in [3.8, 4) is 0 Å². The maximum Gasteiger partial charge on any atom is 0.331 e. The number of rotatable bonds is 4. The fourth-order valence-corrected chi connectivity index (χ4v) is 1.15. The number of aliphatic carboxylic acids is 1. The monoisotopic (exact) mass is 194 g/mol. The molecule has 1 aromatic heterocycles. The van der Waals surface area contributed by atoms with Gasteiger partial charge in [-0.05, 0) is 6.07 Å². The Hall–Kier alpha value is -1.91. The number of carboxylic acids is 1. The highest BCUT2D eigenvalue weighted by Crippen LogP contribution is 2.16. The lowest BCUT2D eigenvalue weighted by atomic mass is 10.1. The van der Waals surface area contributed by atoms with Crippen molar-refractivity contribution in [2.24, 2.45) is 0 Å². The van der Waals surface area contributed by atoms with E-state index >= 15 is 0 Å². The standard InChI is InChI=1S/C9H10N2O3/c1-11(6-12)8(9(13)14)7-3-2-4-10-5-7/h2-6,8H,1H3,(H,13,14). The molecule has 0 aromatic carbocycles. The van der Waals surface area contributed by atoms with Crippen molar-refractivity contribution in [3.05, 3.63) is 30.1 Å². The molecule has 1 unspecified atom stereocenters. The molecule has 0 aliphatic rings. The van der Waals surface area contributed by atoms with Crippen LogP contribution in [0.2, 0.25) is 0 Å². The SMILES string of the molecule is CN(C=O)C(C(=O)O)c1cccnc1. The van der Waals surface area contributed by atoms with Crippen LogP contribution >= 0.6 is 0 Å². The Morgan fingerprint density at radius 3 is 2.86 bits per heavy atom. The Balaban J connectivity index is 3.00. The summed E-state index contributed by atoms with van der Waals surface area (Å²) in [6.07, 6.45) is 3.45. The molecule has 0 saturated heterocycles. The summed E-state index contributed by atoms with van der Waals surface area (Å²) in [4.78, 5) is 26.2. The predicted molar refractivity (Wildman–Crippen MR) is 48.4 cm³/mol. The number of nitrogens with zero attached hydrogens (tertiary/aromatic N) is 2. The van der Waals surface area contributed by atoms with Crippen LogP contribution in [-0.4, -0.2) is 34.4 Å². The van der Waals surface area contributed by atoms with Gasteiger partial charge in [0.15, 0.2) is 6.04 Å². The van der Waals surface area contributed by atoms with Crippen molar-refractivity contribution >= 4 is 12.4 Å². The Morgan fingerprint density at radius 1 is 1.71 bits per heavy atom. The van der Waals surface area contributed by atoms with Gasteiger partial charge in [-0.2, -0.15) is 0 Å². The van der Waals surface area contributed by atoms with Crippen molar-refractivity contribution in [3.63, 3.8) is 0 Å². The summed E-state index contributed by atoms with van der Waals surface area (Å²) in [5, 5.41) is 8.90. The van der Waals surface area contributed by atoms with E-state index in [0.717, 1.165) is 4.90 Å². The minimum atomic E-state index is -1.08. The number of carbonyl (C=O) groups excluding carboxylic acids is 1. The van der Waals surface area contributed by atoms with E-state index in [4.69, 9.17) is 5.11 Å². The van der Waals surface area contributed by atoms with Gasteiger partial charge in [-0.3, -0.25) is 9.78 Å². The number of carboxylic acid groups (broad SMARTS) is 1. The van der Waals surface area contributed by atoms with E-state index in [-0.39, 0.29) is 0 Å². The zero-order valence-electron chi connectivity index (χ0n) is 7.62. The first kappa shape index (κ1) is 10.2. The quantitative estimate of drug-likeness (QED) is 0.699. The lowest BCUT2D eigenvalue weighted by Crippen LogP contribution is -2.29. The Labute approximate surface area is 81.0 Å². The summed E-state index contributed by atoms with van der Waals surface area (Å²) in [7, 11) is 1.42. The lowest BCUT2D eigenvalue weighted by Gasteiger charge is -2.19. The molecule has 1 amide bonds. The molecule has 1 aromatic rings. The molecular formula is C9H10N2O3. The van der Waals surface area contributed by atoms with Crippen LogP contribution in [0, 0.1) is 0 Å². The number of hydrogen-bond acceptors (Lipinski definition) is 3. The number of hydrogen-bond donors (Lipinski definition) is 1. The van der Waals surface area contributed by atoms with Gasteiger partial charge in [-0.1, -0.05) is 6.07 Å². The van der Waals surface area contributed by atoms with Crippen LogP contribution < -0.4 is 0 Å². The maximum atomic E-state index is 10.9. The van der Waals surface area contributed by atoms with Gasteiger partial charge < -0.3 is 10.0 Å². The van der Waals surface area contributed by atoms with Crippen LogP contribution in [0.3, 0.4) is 0 Å². The predicted octanol–water partition coefficient (Wildman–Crippen LogP) is 0.295. The molecule has 0 aliphatic heterocycles. The van der Waals surface area contributed by atoms with E-state index in [2.05, 4.69) is 4.98 Å². The van der Waals surface area contributed by atoms with Crippen LogP contribution in [0.25, 0.3) is 0 Å². The first-order valence-electron chi connectivity index (χ1n) is 3.96. The molecule has 0 spiro atoms. The molecule has 1 N–H and O–H groups in total. The molecule has 0 saturated carbocycles. The van der Waals surface area contributed by atoms with Gasteiger partial charge in [0, 0.05) is 25.0 Å². The molecular weight excluding hydrogens is 184 g/mol. The fourth-order valence-electron chi connectivity index (χ4n) is 1.15. The largest absolute Gasteiger partial charge is 0.479 e. The zero-order valence-corrected chi connectivity index (χ0v) is 7.62. The molecule has 1 heterocycles. The van der Waals surface area contributed by atoms with E-state index in [1.54, 1.807) is 18.3 Å². The maximum absolute atomic E-state index is 10.9. The second-order valence-electron chi connectivity index (χ2n) is 2.80. The van der Waals surface area contributed by atoms with Crippen molar-refractivity contribution in [1.29, 1.82) is 0 Å². The van der Waals surface area contributed by atoms with Crippen LogP contribution in [0.15, 0.2) is 24.5 Å². The third-order valence-corrected chi connectivity index (χ3v) is 1.81. The molecule has 74 valence electrons. The molecule has 0 aliphatic carbocycles. The summed E-state index contributed by atoms with van der Waals surface area (Å²) < 4.78 is 0. The van der Waals surface area contributed by atoms with Gasteiger partial charge in [-0.15, -0.1) is 0 Å². The smallest absolute Gasteiger partial charge is 0.331 e. The van der Waals surface area contributed by atoms with E-state index in [9.17, 15) is 9.59 Å². The van der Waals surface area contributed by atoms with E-state index in [1.165, 1.54) is 13.2 Å². The fraction of sp³-hybridized carbons (Fsp3) is 0.222. The normalized spacial score (nSPS) is 11.8. The zero-order chi connectivity index (χ0) is 10.6. The Morgan fingerprint density at radius 2 is 2.43 bits per heavy atom. The van der Waals surface area contributed by atoms with Gasteiger partial charge in [-0.25, -0.2) is 4.79 Å². The van der Waals surface area contributed by atoms with Gasteiger partial charge >= 0.3 is 5.97 Å². The highest BCUT2D eigenvalue weighted by Gasteiger charge is 2.23. The second-order valence-corrected chi connectivity index (χ2v) is 2.80. The summed E-state index contributed by atoms with van der Waals surface area (Å²) in [5.74, 6) is -1.08. The minimum absolute atomic E-state index is 0.478.